The number of azo groups is 1. The lowest BCUT2D eigenvalue weighted by Gasteiger charge is -2.32. The van der Waals surface area contributed by atoms with E-state index >= 15 is 0 Å². The summed E-state index contributed by atoms with van der Waals surface area (Å²) in [5.41, 5.74) is 3.20. The molecule has 0 saturated carbocycles. The Labute approximate surface area is 139 Å². The second-order valence-electron chi connectivity index (χ2n) is 6.21. The van der Waals surface area contributed by atoms with Crippen LogP contribution in [0.25, 0.3) is 0 Å². The second kappa shape index (κ2) is 6.16. The van der Waals surface area contributed by atoms with Gasteiger partial charge < -0.3 is 5.11 Å². The maximum absolute atomic E-state index is 10.8. The molecule has 118 valence electrons. The van der Waals surface area contributed by atoms with Gasteiger partial charge >= 0.3 is 5.97 Å². The molecule has 4 nitrogen and oxygen atoms in total. The molecule has 0 amide bonds. The van der Waals surface area contributed by atoms with Gasteiger partial charge in [0.05, 0.1) is 16.9 Å². The fourth-order valence-electron chi connectivity index (χ4n) is 2.57. The van der Waals surface area contributed by atoms with Crippen molar-refractivity contribution in [3.05, 3.63) is 53.6 Å². The summed E-state index contributed by atoms with van der Waals surface area (Å²) in [6.07, 6.45) is 1.15. The van der Waals surface area contributed by atoms with Crippen LogP contribution < -0.4 is 0 Å². The number of nitrogens with zero attached hydrogens (tertiary/aromatic N) is 2. The maximum Gasteiger partial charge on any atom is 0.335 e. The molecule has 1 heterocycles. The molecular weight excluding hydrogens is 308 g/mol. The van der Waals surface area contributed by atoms with E-state index in [1.807, 2.05) is 17.8 Å². The molecule has 2 aromatic carbocycles. The predicted octanol–water partition coefficient (Wildman–Crippen LogP) is 5.57. The number of hydrogen-bond donors (Lipinski definition) is 1. The number of carbonyl (C=O) groups is 1. The smallest absolute Gasteiger partial charge is 0.335 e. The highest BCUT2D eigenvalue weighted by Crippen LogP contribution is 2.42. The number of carboxylic acid groups (broad SMARTS) is 1. The normalized spacial score (nSPS) is 16.3. The highest BCUT2D eigenvalue weighted by atomic mass is 32.2. The van der Waals surface area contributed by atoms with Crippen LogP contribution >= 0.6 is 11.8 Å². The third-order valence-electron chi connectivity index (χ3n) is 4.07. The Morgan fingerprint density at radius 1 is 1.09 bits per heavy atom. The van der Waals surface area contributed by atoms with Crippen LogP contribution in [0.15, 0.2) is 57.6 Å². The van der Waals surface area contributed by atoms with Gasteiger partial charge in [-0.1, -0.05) is 13.8 Å². The van der Waals surface area contributed by atoms with Crippen LogP contribution in [0.4, 0.5) is 11.4 Å². The van der Waals surface area contributed by atoms with Crippen LogP contribution in [0.5, 0.6) is 0 Å². The van der Waals surface area contributed by atoms with E-state index in [2.05, 4.69) is 36.2 Å². The van der Waals surface area contributed by atoms with E-state index in [9.17, 15) is 4.79 Å². The van der Waals surface area contributed by atoms with Gasteiger partial charge in [-0.15, -0.1) is 11.8 Å². The number of thioether (sulfide) groups is 1. The van der Waals surface area contributed by atoms with Gasteiger partial charge in [-0.2, -0.15) is 10.2 Å². The summed E-state index contributed by atoms with van der Waals surface area (Å²) in [4.78, 5) is 12.2. The van der Waals surface area contributed by atoms with Crippen LogP contribution in [0.3, 0.4) is 0 Å². The van der Waals surface area contributed by atoms with Gasteiger partial charge in [0.2, 0.25) is 0 Å². The van der Waals surface area contributed by atoms with Gasteiger partial charge in [0, 0.05) is 4.90 Å². The summed E-state index contributed by atoms with van der Waals surface area (Å²) in [5.74, 6) is 0.208. The lowest BCUT2D eigenvalue weighted by molar-refractivity contribution is 0.0697. The summed E-state index contributed by atoms with van der Waals surface area (Å²) in [6, 6.07) is 12.6. The minimum atomic E-state index is -0.942. The second-order valence-corrected chi connectivity index (χ2v) is 7.35. The Hall–Kier alpha value is -2.14. The summed E-state index contributed by atoms with van der Waals surface area (Å²) >= 11 is 1.89. The maximum atomic E-state index is 10.8. The van der Waals surface area contributed by atoms with Crippen molar-refractivity contribution in [1.29, 1.82) is 0 Å². The third-order valence-corrected chi connectivity index (χ3v) is 5.15. The van der Waals surface area contributed by atoms with Crippen molar-refractivity contribution >= 4 is 29.1 Å². The van der Waals surface area contributed by atoms with Crippen LogP contribution in [0.2, 0.25) is 0 Å². The van der Waals surface area contributed by atoms with E-state index in [4.69, 9.17) is 5.11 Å². The molecule has 0 aromatic heterocycles. The Morgan fingerprint density at radius 3 is 2.43 bits per heavy atom. The van der Waals surface area contributed by atoms with Gasteiger partial charge in [-0.05, 0) is 65.6 Å². The molecule has 5 heteroatoms. The Morgan fingerprint density at radius 2 is 1.74 bits per heavy atom. The molecule has 0 bridgehead atoms. The Balaban J connectivity index is 1.84. The van der Waals surface area contributed by atoms with Crippen LogP contribution in [0, 0.1) is 0 Å². The van der Waals surface area contributed by atoms with Crippen molar-refractivity contribution in [1.82, 2.24) is 0 Å². The van der Waals surface area contributed by atoms with E-state index in [0.29, 0.717) is 5.69 Å². The van der Waals surface area contributed by atoms with Gasteiger partial charge in [0.25, 0.3) is 0 Å². The van der Waals surface area contributed by atoms with Gasteiger partial charge in [0.15, 0.2) is 0 Å². The molecular formula is C18H18N2O2S. The van der Waals surface area contributed by atoms with Crippen LogP contribution in [-0.4, -0.2) is 16.8 Å². The van der Waals surface area contributed by atoms with Crippen molar-refractivity contribution in [2.45, 2.75) is 30.6 Å². The molecule has 0 saturated heterocycles. The predicted molar refractivity (Wildman–Crippen MR) is 92.4 cm³/mol. The summed E-state index contributed by atoms with van der Waals surface area (Å²) in [7, 11) is 0. The zero-order valence-corrected chi connectivity index (χ0v) is 13.9. The Kier molecular flexibility index (Phi) is 4.22. The van der Waals surface area contributed by atoms with Crippen molar-refractivity contribution in [3.8, 4) is 0 Å². The number of rotatable bonds is 3. The van der Waals surface area contributed by atoms with E-state index in [1.54, 1.807) is 12.1 Å². The van der Waals surface area contributed by atoms with E-state index < -0.39 is 5.97 Å². The van der Waals surface area contributed by atoms with Crippen molar-refractivity contribution in [3.63, 3.8) is 0 Å². The number of carboxylic acids is 1. The van der Waals surface area contributed by atoms with Gasteiger partial charge in [-0.3, -0.25) is 0 Å². The fourth-order valence-corrected chi connectivity index (χ4v) is 4.06. The standard InChI is InChI=1S/C18H18N2O2S/c1-18(2)9-10-23-16-8-7-14(11-15(16)18)20-19-13-5-3-12(4-6-13)17(21)22/h3-8,11H,9-10H2,1-2H3,(H,21,22)/b20-19+. The number of fused-ring (bicyclic) bond motifs is 1. The largest absolute Gasteiger partial charge is 0.478 e. The van der Waals surface area contributed by atoms with Crippen LogP contribution in [0.1, 0.15) is 36.2 Å². The molecule has 0 radical (unpaired) electrons. The molecule has 3 rings (SSSR count). The molecule has 1 N–H and O–H groups in total. The minimum Gasteiger partial charge on any atom is -0.478 e. The Bertz CT molecular complexity index is 767. The summed E-state index contributed by atoms with van der Waals surface area (Å²) < 4.78 is 0. The number of hydrogen-bond acceptors (Lipinski definition) is 4. The lowest BCUT2D eigenvalue weighted by atomic mass is 9.81. The first-order valence-corrected chi connectivity index (χ1v) is 8.47. The summed E-state index contributed by atoms with van der Waals surface area (Å²) in [6.45, 7) is 4.52. The molecule has 0 unspecified atom stereocenters. The molecule has 1 aliphatic heterocycles. The number of benzene rings is 2. The van der Waals surface area contributed by atoms with Crippen molar-refractivity contribution < 1.29 is 9.90 Å². The summed E-state index contributed by atoms with van der Waals surface area (Å²) in [5, 5.41) is 17.4. The first-order valence-electron chi connectivity index (χ1n) is 7.48. The average Bonchev–Trinajstić information content (AvgIpc) is 2.53. The SMILES string of the molecule is CC1(C)CCSc2ccc(/N=N/c3ccc(C(=O)O)cc3)cc21. The highest BCUT2D eigenvalue weighted by Gasteiger charge is 2.27. The van der Waals surface area contributed by atoms with E-state index in [-0.39, 0.29) is 11.0 Å². The molecule has 0 atom stereocenters. The molecule has 0 aliphatic carbocycles. The molecule has 1 aliphatic rings. The third kappa shape index (κ3) is 3.45. The zero-order chi connectivity index (χ0) is 16.4. The van der Waals surface area contributed by atoms with Crippen LogP contribution in [-0.2, 0) is 5.41 Å². The van der Waals surface area contributed by atoms with Gasteiger partial charge in [0.1, 0.15) is 0 Å². The average molecular weight is 326 g/mol. The monoisotopic (exact) mass is 326 g/mol. The first kappa shape index (κ1) is 15.7. The van der Waals surface area contributed by atoms with E-state index in [0.717, 1.165) is 17.9 Å². The zero-order valence-electron chi connectivity index (χ0n) is 13.1. The highest BCUT2D eigenvalue weighted by molar-refractivity contribution is 7.99. The first-order chi connectivity index (χ1) is 11.0. The molecule has 0 spiro atoms. The quantitative estimate of drug-likeness (QED) is 0.750. The van der Waals surface area contributed by atoms with Crippen molar-refractivity contribution in [2.75, 3.05) is 5.75 Å². The molecule has 2 aromatic rings. The molecule has 23 heavy (non-hydrogen) atoms. The minimum absolute atomic E-state index is 0.162. The van der Waals surface area contributed by atoms with E-state index in [1.165, 1.54) is 22.6 Å². The van der Waals surface area contributed by atoms with Gasteiger partial charge in [-0.25, -0.2) is 4.79 Å². The topological polar surface area (TPSA) is 62.0 Å². The van der Waals surface area contributed by atoms with Crippen molar-refractivity contribution in [2.24, 2.45) is 10.2 Å². The molecule has 0 fully saturated rings. The lowest BCUT2D eigenvalue weighted by Crippen LogP contribution is -2.22. The number of aromatic carboxylic acids is 1. The fraction of sp³-hybridized carbons (Fsp3) is 0.278.